The van der Waals surface area contributed by atoms with E-state index in [1.807, 2.05) is 30.3 Å². The predicted molar refractivity (Wildman–Crippen MR) is 125 cm³/mol. The van der Waals surface area contributed by atoms with Crippen LogP contribution in [0.2, 0.25) is 0 Å². The third-order valence-electron chi connectivity index (χ3n) is 6.89. The van der Waals surface area contributed by atoms with Gasteiger partial charge in [0.15, 0.2) is 6.61 Å². The van der Waals surface area contributed by atoms with Crippen molar-refractivity contribution in [2.45, 2.75) is 24.4 Å². The van der Waals surface area contributed by atoms with Crippen LogP contribution in [0.1, 0.15) is 35.1 Å². The number of rotatable bonds is 4. The summed E-state index contributed by atoms with van der Waals surface area (Å²) >= 11 is 0. The first-order chi connectivity index (χ1) is 16.4. The first-order valence-electron chi connectivity index (χ1n) is 11.3. The molecule has 0 N–H and O–H groups in total. The summed E-state index contributed by atoms with van der Waals surface area (Å²) in [5, 5.41) is 0. The first kappa shape index (κ1) is 22.3. The molecule has 5 rings (SSSR count). The molecule has 1 saturated heterocycles. The van der Waals surface area contributed by atoms with Crippen molar-refractivity contribution in [3.8, 4) is 5.75 Å². The maximum Gasteiger partial charge on any atom is 0.419 e. The molecule has 0 atom stereocenters. The normalized spacial score (nSPS) is 16.8. The number of allylic oxidation sites excluding steroid dienone is 1. The third-order valence-corrected chi connectivity index (χ3v) is 6.89. The summed E-state index contributed by atoms with van der Waals surface area (Å²) in [6, 6.07) is 23.6. The van der Waals surface area contributed by atoms with E-state index in [0.717, 1.165) is 18.9 Å². The van der Waals surface area contributed by atoms with Crippen LogP contribution in [0.4, 0.5) is 13.2 Å². The molecule has 0 bridgehead atoms. The van der Waals surface area contributed by atoms with Crippen LogP contribution >= 0.6 is 0 Å². The zero-order chi connectivity index (χ0) is 23.8. The number of carbonyl (C=O) groups excluding carboxylic acids is 1. The average molecular weight is 463 g/mol. The minimum absolute atomic E-state index is 0.182. The van der Waals surface area contributed by atoms with E-state index in [9.17, 15) is 18.0 Å². The fourth-order valence-electron chi connectivity index (χ4n) is 5.21. The van der Waals surface area contributed by atoms with E-state index >= 15 is 0 Å². The Kier molecular flexibility index (Phi) is 5.68. The number of para-hydroxylation sites is 1. The summed E-state index contributed by atoms with van der Waals surface area (Å²) in [6.45, 7) is 0.612. The molecule has 1 aliphatic carbocycles. The molecule has 1 aliphatic heterocycles. The zero-order valence-electron chi connectivity index (χ0n) is 18.5. The highest BCUT2D eigenvalue weighted by atomic mass is 19.4. The number of ether oxygens (including phenoxy) is 1. The second-order valence-electron chi connectivity index (χ2n) is 8.76. The van der Waals surface area contributed by atoms with Crippen molar-refractivity contribution in [3.05, 3.63) is 101 Å². The standard InChI is InChI=1S/C28H24F3NO2/c29-28(30,31)23-12-6-7-13-25(23)34-19-26(33)32-16-14-27(15-17-32)22-11-5-4-10-21(22)18-24(27)20-8-2-1-3-9-20/h1-13,18H,14-17,19H2. The number of hydrogen-bond donors (Lipinski definition) is 0. The monoisotopic (exact) mass is 463 g/mol. The quantitative estimate of drug-likeness (QED) is 0.461. The topological polar surface area (TPSA) is 29.5 Å². The van der Waals surface area contributed by atoms with Crippen LogP contribution in [-0.2, 0) is 16.4 Å². The molecular weight excluding hydrogens is 439 g/mol. The molecule has 0 radical (unpaired) electrons. The summed E-state index contributed by atoms with van der Waals surface area (Å²) in [4.78, 5) is 14.5. The van der Waals surface area contributed by atoms with Gasteiger partial charge in [0.05, 0.1) is 5.56 Å². The molecular formula is C28H24F3NO2. The summed E-state index contributed by atoms with van der Waals surface area (Å²) in [6.07, 6.45) is -0.794. The van der Waals surface area contributed by atoms with Gasteiger partial charge in [0.2, 0.25) is 0 Å². The molecule has 6 heteroatoms. The Morgan fingerprint density at radius 3 is 2.26 bits per heavy atom. The van der Waals surface area contributed by atoms with Crippen LogP contribution in [-0.4, -0.2) is 30.5 Å². The Morgan fingerprint density at radius 1 is 0.882 bits per heavy atom. The van der Waals surface area contributed by atoms with Gasteiger partial charge in [-0.25, -0.2) is 0 Å². The van der Waals surface area contributed by atoms with Crippen LogP contribution in [0, 0.1) is 0 Å². The Balaban J connectivity index is 1.31. The Labute approximate surface area is 196 Å². The fourth-order valence-corrected chi connectivity index (χ4v) is 5.21. The highest BCUT2D eigenvalue weighted by Gasteiger charge is 2.44. The molecule has 1 heterocycles. The lowest BCUT2D eigenvalue weighted by Gasteiger charge is -2.42. The molecule has 1 spiro atoms. The fraction of sp³-hybridized carbons (Fsp3) is 0.250. The third kappa shape index (κ3) is 3.98. The number of likely N-dealkylation sites (tertiary alicyclic amines) is 1. The summed E-state index contributed by atoms with van der Waals surface area (Å²) in [5.74, 6) is -0.626. The van der Waals surface area contributed by atoms with Crippen molar-refractivity contribution in [1.29, 1.82) is 0 Å². The van der Waals surface area contributed by atoms with Gasteiger partial charge in [-0.15, -0.1) is 0 Å². The lowest BCUT2D eigenvalue weighted by atomic mass is 9.68. The molecule has 34 heavy (non-hydrogen) atoms. The van der Waals surface area contributed by atoms with E-state index in [-0.39, 0.29) is 17.1 Å². The number of benzene rings is 3. The number of fused-ring (bicyclic) bond motifs is 2. The van der Waals surface area contributed by atoms with Crippen LogP contribution in [0.15, 0.2) is 78.9 Å². The largest absolute Gasteiger partial charge is 0.483 e. The van der Waals surface area contributed by atoms with Gasteiger partial charge in [-0.05, 0) is 53.3 Å². The van der Waals surface area contributed by atoms with Crippen molar-refractivity contribution in [1.82, 2.24) is 4.90 Å². The van der Waals surface area contributed by atoms with Crippen molar-refractivity contribution >= 4 is 17.6 Å². The van der Waals surface area contributed by atoms with Gasteiger partial charge in [0.1, 0.15) is 5.75 Å². The van der Waals surface area contributed by atoms with Crippen LogP contribution < -0.4 is 4.74 Å². The lowest BCUT2D eigenvalue weighted by molar-refractivity contribution is -0.141. The van der Waals surface area contributed by atoms with Crippen LogP contribution in [0.5, 0.6) is 5.75 Å². The predicted octanol–water partition coefficient (Wildman–Crippen LogP) is 6.20. The van der Waals surface area contributed by atoms with Gasteiger partial charge in [-0.3, -0.25) is 4.79 Å². The van der Waals surface area contributed by atoms with Crippen molar-refractivity contribution in [3.63, 3.8) is 0 Å². The van der Waals surface area contributed by atoms with Crippen molar-refractivity contribution in [2.24, 2.45) is 0 Å². The minimum atomic E-state index is -4.53. The highest BCUT2D eigenvalue weighted by Crippen LogP contribution is 2.52. The number of piperidine rings is 1. The maximum atomic E-state index is 13.2. The molecule has 1 amide bonds. The molecule has 0 unspecified atom stereocenters. The minimum Gasteiger partial charge on any atom is -0.483 e. The Morgan fingerprint density at radius 2 is 1.53 bits per heavy atom. The molecule has 3 aromatic carbocycles. The molecule has 3 aromatic rings. The SMILES string of the molecule is O=C(COc1ccccc1C(F)(F)F)N1CCC2(CC1)C(c1ccccc1)=Cc1ccccc12. The van der Waals surface area contributed by atoms with Crippen LogP contribution in [0.25, 0.3) is 11.6 Å². The van der Waals surface area contributed by atoms with E-state index in [2.05, 4.69) is 30.3 Å². The summed E-state index contributed by atoms with van der Waals surface area (Å²) < 4.78 is 45.0. The number of alkyl halides is 3. The Hall–Kier alpha value is -3.54. The zero-order valence-corrected chi connectivity index (χ0v) is 18.5. The second-order valence-corrected chi connectivity index (χ2v) is 8.76. The molecule has 0 aromatic heterocycles. The smallest absolute Gasteiger partial charge is 0.419 e. The number of amides is 1. The molecule has 174 valence electrons. The Bertz CT molecular complexity index is 1230. The van der Waals surface area contributed by atoms with Crippen molar-refractivity contribution in [2.75, 3.05) is 19.7 Å². The first-order valence-corrected chi connectivity index (χ1v) is 11.3. The lowest BCUT2D eigenvalue weighted by Crippen LogP contribution is -2.46. The van der Waals surface area contributed by atoms with E-state index in [0.29, 0.717) is 13.1 Å². The number of carbonyl (C=O) groups is 1. The van der Waals surface area contributed by atoms with Gasteiger partial charge in [0.25, 0.3) is 5.91 Å². The maximum absolute atomic E-state index is 13.2. The number of halogens is 3. The van der Waals surface area contributed by atoms with E-state index < -0.39 is 18.3 Å². The molecule has 3 nitrogen and oxygen atoms in total. The summed E-state index contributed by atoms with van der Waals surface area (Å²) in [5.41, 5.74) is 3.85. The van der Waals surface area contributed by atoms with Gasteiger partial charge in [0, 0.05) is 18.5 Å². The van der Waals surface area contributed by atoms with E-state index in [4.69, 9.17) is 4.74 Å². The van der Waals surface area contributed by atoms with Gasteiger partial charge < -0.3 is 9.64 Å². The second kappa shape index (κ2) is 8.67. The van der Waals surface area contributed by atoms with E-state index in [1.54, 1.807) is 4.90 Å². The van der Waals surface area contributed by atoms with Crippen LogP contribution in [0.3, 0.4) is 0 Å². The molecule has 0 saturated carbocycles. The van der Waals surface area contributed by atoms with Gasteiger partial charge in [-0.1, -0.05) is 66.7 Å². The molecule has 2 aliphatic rings. The highest BCUT2D eigenvalue weighted by molar-refractivity contribution is 5.94. The summed E-state index contributed by atoms with van der Waals surface area (Å²) in [7, 11) is 0. The van der Waals surface area contributed by atoms with E-state index in [1.165, 1.54) is 40.5 Å². The van der Waals surface area contributed by atoms with Crippen molar-refractivity contribution < 1.29 is 22.7 Å². The van der Waals surface area contributed by atoms with Gasteiger partial charge >= 0.3 is 6.18 Å². The van der Waals surface area contributed by atoms with Gasteiger partial charge in [-0.2, -0.15) is 13.2 Å². The average Bonchev–Trinajstić information content (AvgIpc) is 3.17. The molecule has 1 fully saturated rings. The number of nitrogens with zero attached hydrogens (tertiary/aromatic N) is 1. The number of hydrogen-bond acceptors (Lipinski definition) is 2.